The number of fused-ring (bicyclic) bond motifs is 2. The van der Waals surface area contributed by atoms with Gasteiger partial charge in [-0.25, -0.2) is 0 Å². The number of β-amino-alcohol motifs (C(OH)–C–C–N with tert-alkyl or cyclic N) is 1. The summed E-state index contributed by atoms with van der Waals surface area (Å²) >= 11 is 0. The predicted octanol–water partition coefficient (Wildman–Crippen LogP) is 4.04. The van der Waals surface area contributed by atoms with Crippen LogP contribution in [0.25, 0.3) is 6.08 Å². The smallest absolute Gasteiger partial charge is 0.270 e. The summed E-state index contributed by atoms with van der Waals surface area (Å²) in [6, 6.07) is 12.7. The number of para-hydroxylation sites is 1. The van der Waals surface area contributed by atoms with Crippen molar-refractivity contribution in [3.63, 3.8) is 0 Å². The van der Waals surface area contributed by atoms with Crippen molar-refractivity contribution in [3.05, 3.63) is 82.4 Å². The summed E-state index contributed by atoms with van der Waals surface area (Å²) in [5.74, 6) is 0.583. The highest BCUT2D eigenvalue weighted by Gasteiger charge is 2.60. The van der Waals surface area contributed by atoms with Crippen LogP contribution in [0.3, 0.4) is 0 Å². The first-order valence-corrected chi connectivity index (χ1v) is 9.22. The minimum atomic E-state index is -0.864. The Morgan fingerprint density at radius 3 is 2.82 bits per heavy atom. The van der Waals surface area contributed by atoms with Crippen molar-refractivity contribution in [1.82, 2.24) is 0 Å². The molecule has 6 nitrogen and oxygen atoms in total. The molecule has 2 atom stereocenters. The summed E-state index contributed by atoms with van der Waals surface area (Å²) in [6.45, 7) is 6.45. The number of allylic oxidation sites excluding steroid dienone is 1. The summed E-state index contributed by atoms with van der Waals surface area (Å²) in [6.07, 6.45) is 6.38. The molecule has 2 heterocycles. The van der Waals surface area contributed by atoms with Gasteiger partial charge in [-0.1, -0.05) is 24.3 Å². The lowest BCUT2D eigenvalue weighted by Gasteiger charge is -2.48. The molecule has 2 aliphatic rings. The first kappa shape index (κ1) is 18.3. The standard InChI is InChI=1S/C22H22N2O4/c1-3-11-21(2)18-6-4-5-7-19(18)23(13-14-25)22(21)12-10-16-15-17(24(26)27)8-9-20(16)28-22/h3-10,12,15,25H,1,11,13-14H2,2H3. The summed E-state index contributed by atoms with van der Waals surface area (Å²) in [5, 5.41) is 20.8. The average Bonchev–Trinajstić information content (AvgIpc) is 2.88. The van der Waals surface area contributed by atoms with Crippen LogP contribution in [-0.2, 0) is 5.41 Å². The second kappa shape index (κ2) is 6.49. The molecule has 0 aliphatic carbocycles. The normalized spacial score (nSPS) is 24.6. The molecule has 1 spiro atoms. The maximum Gasteiger partial charge on any atom is 0.270 e. The van der Waals surface area contributed by atoms with Gasteiger partial charge in [0.2, 0.25) is 5.72 Å². The van der Waals surface area contributed by atoms with Crippen LogP contribution in [-0.4, -0.2) is 28.9 Å². The quantitative estimate of drug-likeness (QED) is 0.483. The molecule has 0 aromatic heterocycles. The highest BCUT2D eigenvalue weighted by atomic mass is 16.6. The Balaban J connectivity index is 1.90. The zero-order valence-corrected chi connectivity index (χ0v) is 15.7. The fourth-order valence-electron chi connectivity index (χ4n) is 4.50. The molecule has 144 valence electrons. The van der Waals surface area contributed by atoms with E-state index in [4.69, 9.17) is 4.74 Å². The van der Waals surface area contributed by atoms with Gasteiger partial charge in [-0.2, -0.15) is 0 Å². The second-order valence-corrected chi connectivity index (χ2v) is 7.33. The molecule has 28 heavy (non-hydrogen) atoms. The Kier molecular flexibility index (Phi) is 4.23. The summed E-state index contributed by atoms with van der Waals surface area (Å²) in [4.78, 5) is 12.8. The number of hydrogen-bond acceptors (Lipinski definition) is 5. The lowest BCUT2D eigenvalue weighted by atomic mass is 9.72. The Morgan fingerprint density at radius 2 is 2.11 bits per heavy atom. The van der Waals surface area contributed by atoms with Crippen molar-refractivity contribution >= 4 is 17.5 Å². The van der Waals surface area contributed by atoms with E-state index in [1.807, 2.05) is 36.4 Å². The monoisotopic (exact) mass is 378 g/mol. The third-order valence-corrected chi connectivity index (χ3v) is 5.82. The van der Waals surface area contributed by atoms with E-state index in [2.05, 4.69) is 24.5 Å². The Labute approximate surface area is 163 Å². The SMILES string of the molecule is C=CCC1(C)c2ccccc2N(CCO)C12C=Cc1cc([N+](=O)[O-])ccc1O2. The van der Waals surface area contributed by atoms with Gasteiger partial charge in [-0.15, -0.1) is 6.58 Å². The van der Waals surface area contributed by atoms with Gasteiger partial charge >= 0.3 is 0 Å². The molecule has 1 N–H and O–H groups in total. The zero-order chi connectivity index (χ0) is 19.9. The number of ether oxygens (including phenoxy) is 1. The van der Waals surface area contributed by atoms with Gasteiger partial charge in [0.15, 0.2) is 0 Å². The first-order chi connectivity index (χ1) is 13.5. The number of rotatable bonds is 5. The highest BCUT2D eigenvalue weighted by molar-refractivity contribution is 5.73. The van der Waals surface area contributed by atoms with Crippen LogP contribution in [0.15, 0.2) is 61.2 Å². The van der Waals surface area contributed by atoms with Crippen molar-refractivity contribution in [2.45, 2.75) is 24.5 Å². The molecule has 0 radical (unpaired) electrons. The molecule has 0 saturated heterocycles. The largest absolute Gasteiger partial charge is 0.463 e. The zero-order valence-electron chi connectivity index (χ0n) is 15.7. The van der Waals surface area contributed by atoms with E-state index >= 15 is 0 Å². The Hall–Kier alpha value is -3.12. The molecule has 2 aromatic carbocycles. The fraction of sp³-hybridized carbons (Fsp3) is 0.273. The summed E-state index contributed by atoms with van der Waals surface area (Å²) in [7, 11) is 0. The Bertz CT molecular complexity index is 986. The lowest BCUT2D eigenvalue weighted by molar-refractivity contribution is -0.384. The summed E-state index contributed by atoms with van der Waals surface area (Å²) in [5.41, 5.74) is 1.52. The number of anilines is 1. The van der Waals surface area contributed by atoms with Crippen molar-refractivity contribution < 1.29 is 14.8 Å². The van der Waals surface area contributed by atoms with Gasteiger partial charge in [-0.3, -0.25) is 10.1 Å². The molecule has 0 fully saturated rings. The topological polar surface area (TPSA) is 75.8 Å². The number of aliphatic hydroxyl groups excluding tert-OH is 1. The molecule has 6 heteroatoms. The molecule has 2 unspecified atom stereocenters. The van der Waals surface area contributed by atoms with Crippen LogP contribution < -0.4 is 9.64 Å². The highest BCUT2D eigenvalue weighted by Crippen LogP contribution is 2.56. The number of non-ortho nitro benzene ring substituents is 1. The maximum atomic E-state index is 11.1. The van der Waals surface area contributed by atoms with E-state index in [1.165, 1.54) is 12.1 Å². The number of nitro groups is 1. The minimum Gasteiger partial charge on any atom is -0.463 e. The molecule has 2 aromatic rings. The van der Waals surface area contributed by atoms with Crippen LogP contribution in [0, 0.1) is 10.1 Å². The first-order valence-electron chi connectivity index (χ1n) is 9.22. The second-order valence-electron chi connectivity index (χ2n) is 7.33. The van der Waals surface area contributed by atoms with E-state index in [1.54, 1.807) is 6.07 Å². The molecule has 0 bridgehead atoms. The third-order valence-electron chi connectivity index (χ3n) is 5.82. The van der Waals surface area contributed by atoms with E-state index in [0.29, 0.717) is 24.3 Å². The molecular weight excluding hydrogens is 356 g/mol. The molecular formula is C22H22N2O4. The molecule has 0 saturated carbocycles. The van der Waals surface area contributed by atoms with Gasteiger partial charge in [-0.05, 0) is 43.2 Å². The number of aliphatic hydroxyl groups is 1. The lowest BCUT2D eigenvalue weighted by Crippen LogP contribution is -2.61. The van der Waals surface area contributed by atoms with Gasteiger partial charge in [0, 0.05) is 29.9 Å². The number of nitro benzene ring substituents is 1. The van der Waals surface area contributed by atoms with Gasteiger partial charge in [0.05, 0.1) is 16.9 Å². The maximum absolute atomic E-state index is 11.1. The Morgan fingerprint density at radius 1 is 1.32 bits per heavy atom. The molecule has 2 aliphatic heterocycles. The van der Waals surface area contributed by atoms with Crippen molar-refractivity contribution in [2.75, 3.05) is 18.1 Å². The van der Waals surface area contributed by atoms with Gasteiger partial charge in [0.1, 0.15) is 5.75 Å². The molecule has 4 rings (SSSR count). The van der Waals surface area contributed by atoms with Crippen molar-refractivity contribution in [1.29, 1.82) is 0 Å². The van der Waals surface area contributed by atoms with Gasteiger partial charge < -0.3 is 14.7 Å². The van der Waals surface area contributed by atoms with Crippen molar-refractivity contribution in [2.24, 2.45) is 0 Å². The summed E-state index contributed by atoms with van der Waals surface area (Å²) < 4.78 is 6.59. The predicted molar refractivity (Wildman–Crippen MR) is 109 cm³/mol. The van der Waals surface area contributed by atoms with E-state index in [9.17, 15) is 15.2 Å². The van der Waals surface area contributed by atoms with Crippen LogP contribution in [0.5, 0.6) is 5.75 Å². The van der Waals surface area contributed by atoms with Crippen molar-refractivity contribution in [3.8, 4) is 5.75 Å². The van der Waals surface area contributed by atoms with Crippen LogP contribution in [0.1, 0.15) is 24.5 Å². The van der Waals surface area contributed by atoms with Gasteiger partial charge in [0.25, 0.3) is 5.69 Å². The van der Waals surface area contributed by atoms with Crippen LogP contribution >= 0.6 is 0 Å². The molecule has 0 amide bonds. The number of benzene rings is 2. The van der Waals surface area contributed by atoms with Crippen LogP contribution in [0.2, 0.25) is 0 Å². The van der Waals surface area contributed by atoms with Crippen LogP contribution in [0.4, 0.5) is 11.4 Å². The van der Waals surface area contributed by atoms with E-state index in [-0.39, 0.29) is 12.3 Å². The number of hydrogen-bond donors (Lipinski definition) is 1. The van der Waals surface area contributed by atoms with E-state index < -0.39 is 16.1 Å². The average molecular weight is 378 g/mol. The fourth-order valence-corrected chi connectivity index (χ4v) is 4.50. The number of nitrogens with zero attached hydrogens (tertiary/aromatic N) is 2. The minimum absolute atomic E-state index is 0.0232. The third kappa shape index (κ3) is 2.38. The van der Waals surface area contributed by atoms with E-state index in [0.717, 1.165) is 11.3 Å².